The molecule has 4 aliphatic carbocycles. The van der Waals surface area contributed by atoms with Crippen LogP contribution in [-0.2, 0) is 4.79 Å². The lowest BCUT2D eigenvalue weighted by Crippen LogP contribution is -2.52. The van der Waals surface area contributed by atoms with Crippen molar-refractivity contribution in [2.24, 2.45) is 23.2 Å². The Morgan fingerprint density at radius 1 is 1.00 bits per heavy atom. The minimum atomic E-state index is 0.108. The quantitative estimate of drug-likeness (QED) is 0.746. The Bertz CT molecular complexity index is 297. The number of hydrogen-bond donors (Lipinski definition) is 0. The zero-order chi connectivity index (χ0) is 12.8. The number of hydrogen-bond acceptors (Lipinski definition) is 2. The molecule has 0 aromatic rings. The fourth-order valence-electron chi connectivity index (χ4n) is 5.27. The van der Waals surface area contributed by atoms with Gasteiger partial charge in [-0.2, -0.15) is 0 Å². The molecule has 0 amide bonds. The van der Waals surface area contributed by atoms with E-state index < -0.39 is 0 Å². The summed E-state index contributed by atoms with van der Waals surface area (Å²) in [6.45, 7) is 7.05. The van der Waals surface area contributed by atoms with Crippen molar-refractivity contribution in [3.8, 4) is 0 Å². The summed E-state index contributed by atoms with van der Waals surface area (Å²) in [5.74, 6) is 3.23. The van der Waals surface area contributed by atoms with E-state index in [2.05, 4.69) is 18.7 Å². The van der Waals surface area contributed by atoms with Gasteiger partial charge >= 0.3 is 0 Å². The van der Waals surface area contributed by atoms with Gasteiger partial charge in [0.05, 0.1) is 6.54 Å². The van der Waals surface area contributed by atoms with E-state index in [0.717, 1.165) is 30.8 Å². The molecule has 0 saturated heterocycles. The lowest BCUT2D eigenvalue weighted by molar-refractivity contribution is -0.145. The van der Waals surface area contributed by atoms with Crippen molar-refractivity contribution in [3.63, 3.8) is 0 Å². The molecule has 0 aliphatic heterocycles. The Morgan fingerprint density at radius 3 is 1.83 bits per heavy atom. The predicted molar refractivity (Wildman–Crippen MR) is 73.4 cm³/mol. The van der Waals surface area contributed by atoms with Crippen molar-refractivity contribution in [2.45, 2.75) is 52.4 Å². The molecule has 2 nitrogen and oxygen atoms in total. The van der Waals surface area contributed by atoms with Crippen LogP contribution in [0.3, 0.4) is 0 Å². The van der Waals surface area contributed by atoms with Gasteiger partial charge in [0, 0.05) is 5.41 Å². The van der Waals surface area contributed by atoms with E-state index in [0.29, 0.717) is 12.3 Å². The van der Waals surface area contributed by atoms with Crippen molar-refractivity contribution in [3.05, 3.63) is 0 Å². The van der Waals surface area contributed by atoms with Gasteiger partial charge in [0.25, 0.3) is 0 Å². The molecule has 2 heteroatoms. The van der Waals surface area contributed by atoms with Gasteiger partial charge in [-0.1, -0.05) is 13.8 Å². The van der Waals surface area contributed by atoms with Gasteiger partial charge in [0.2, 0.25) is 0 Å². The van der Waals surface area contributed by atoms with Gasteiger partial charge < -0.3 is 0 Å². The Labute approximate surface area is 111 Å². The highest BCUT2D eigenvalue weighted by atomic mass is 16.1. The van der Waals surface area contributed by atoms with E-state index >= 15 is 0 Å². The van der Waals surface area contributed by atoms with Gasteiger partial charge in [0.15, 0.2) is 5.78 Å². The van der Waals surface area contributed by atoms with Crippen molar-refractivity contribution in [1.29, 1.82) is 0 Å². The second-order valence-electron chi connectivity index (χ2n) is 7.08. The minimum Gasteiger partial charge on any atom is -0.298 e. The third-order valence-electron chi connectivity index (χ3n) is 5.89. The second kappa shape index (κ2) is 4.63. The topological polar surface area (TPSA) is 20.3 Å². The predicted octanol–water partition coefficient (Wildman–Crippen LogP) is 3.11. The Morgan fingerprint density at radius 2 is 1.44 bits per heavy atom. The van der Waals surface area contributed by atoms with Crippen LogP contribution >= 0.6 is 0 Å². The third kappa shape index (κ3) is 2.03. The summed E-state index contributed by atoms with van der Waals surface area (Å²) in [6, 6.07) is 0. The molecular weight excluding hydrogens is 222 g/mol. The van der Waals surface area contributed by atoms with Gasteiger partial charge in [-0.05, 0) is 69.4 Å². The van der Waals surface area contributed by atoms with Crippen LogP contribution in [0.5, 0.6) is 0 Å². The highest BCUT2D eigenvalue weighted by Gasteiger charge is 2.54. The van der Waals surface area contributed by atoms with Gasteiger partial charge in [-0.25, -0.2) is 0 Å². The largest absolute Gasteiger partial charge is 0.298 e. The van der Waals surface area contributed by atoms with Gasteiger partial charge in [-0.3, -0.25) is 9.69 Å². The highest BCUT2D eigenvalue weighted by molar-refractivity contribution is 5.87. The monoisotopic (exact) mass is 249 g/mol. The average molecular weight is 249 g/mol. The van der Waals surface area contributed by atoms with Crippen LogP contribution in [0.2, 0.25) is 0 Å². The van der Waals surface area contributed by atoms with Crippen LogP contribution in [0.4, 0.5) is 0 Å². The first-order valence-corrected chi connectivity index (χ1v) is 7.91. The van der Waals surface area contributed by atoms with Crippen LogP contribution < -0.4 is 0 Å². The molecule has 4 rings (SSSR count). The minimum absolute atomic E-state index is 0.108. The summed E-state index contributed by atoms with van der Waals surface area (Å²) in [6.07, 6.45) is 7.95. The van der Waals surface area contributed by atoms with E-state index in [9.17, 15) is 4.79 Å². The number of ketones is 1. The first-order chi connectivity index (χ1) is 8.65. The molecule has 4 aliphatic rings. The van der Waals surface area contributed by atoms with Crippen LogP contribution in [0, 0.1) is 23.2 Å². The number of likely N-dealkylation sites (N-methyl/N-ethyl adjacent to an activating group) is 1. The normalized spacial score (nSPS) is 41.6. The Hall–Kier alpha value is -0.370. The van der Waals surface area contributed by atoms with Crippen molar-refractivity contribution in [1.82, 2.24) is 4.90 Å². The van der Waals surface area contributed by atoms with E-state index in [4.69, 9.17) is 0 Å². The maximum atomic E-state index is 12.8. The number of rotatable bonds is 5. The maximum Gasteiger partial charge on any atom is 0.152 e. The molecule has 4 bridgehead atoms. The summed E-state index contributed by atoms with van der Waals surface area (Å²) in [7, 11) is 0. The van der Waals surface area contributed by atoms with Crippen LogP contribution in [0.1, 0.15) is 52.4 Å². The summed E-state index contributed by atoms with van der Waals surface area (Å²) in [5, 5.41) is 0. The SMILES string of the molecule is CCN(CC)CC(=O)C12CC3CC(CC(C3)C1)C2. The number of carbonyl (C=O) groups is 1. The first kappa shape index (κ1) is 12.7. The van der Waals surface area contributed by atoms with Crippen LogP contribution in [-0.4, -0.2) is 30.3 Å². The van der Waals surface area contributed by atoms with Gasteiger partial charge in [0.1, 0.15) is 0 Å². The molecule has 4 saturated carbocycles. The van der Waals surface area contributed by atoms with Crippen molar-refractivity contribution >= 4 is 5.78 Å². The second-order valence-corrected chi connectivity index (χ2v) is 7.08. The third-order valence-corrected chi connectivity index (χ3v) is 5.89. The number of carbonyl (C=O) groups excluding carboxylic acids is 1. The smallest absolute Gasteiger partial charge is 0.152 e. The van der Waals surface area contributed by atoms with Crippen LogP contribution in [0.15, 0.2) is 0 Å². The van der Waals surface area contributed by atoms with E-state index in [1.165, 1.54) is 38.5 Å². The van der Waals surface area contributed by atoms with Gasteiger partial charge in [-0.15, -0.1) is 0 Å². The molecule has 0 spiro atoms. The highest BCUT2D eigenvalue weighted by Crippen LogP contribution is 2.60. The molecule has 0 aromatic heterocycles. The molecule has 0 unspecified atom stereocenters. The van der Waals surface area contributed by atoms with E-state index in [-0.39, 0.29) is 5.41 Å². The number of nitrogens with zero attached hydrogens (tertiary/aromatic N) is 1. The van der Waals surface area contributed by atoms with E-state index in [1.54, 1.807) is 0 Å². The lowest BCUT2D eigenvalue weighted by atomic mass is 9.48. The summed E-state index contributed by atoms with van der Waals surface area (Å²) >= 11 is 0. The van der Waals surface area contributed by atoms with Crippen LogP contribution in [0.25, 0.3) is 0 Å². The molecule has 0 atom stereocenters. The molecule has 0 aromatic carbocycles. The molecule has 0 radical (unpaired) electrons. The molecule has 18 heavy (non-hydrogen) atoms. The molecule has 102 valence electrons. The first-order valence-electron chi connectivity index (χ1n) is 7.91. The lowest BCUT2D eigenvalue weighted by Gasteiger charge is -2.56. The fraction of sp³-hybridized carbons (Fsp3) is 0.938. The zero-order valence-corrected chi connectivity index (χ0v) is 12.0. The van der Waals surface area contributed by atoms with E-state index in [1.807, 2.05) is 0 Å². The standard InChI is InChI=1S/C16H27NO/c1-3-17(4-2)11-15(18)16-8-12-5-13(9-16)7-14(6-12)10-16/h12-14H,3-11H2,1-2H3. The fourth-order valence-corrected chi connectivity index (χ4v) is 5.27. The summed E-state index contributed by atoms with van der Waals surface area (Å²) < 4.78 is 0. The number of Topliss-reactive ketones (excluding diaryl/α,β-unsaturated/α-hetero) is 1. The van der Waals surface area contributed by atoms with Crippen molar-refractivity contribution < 1.29 is 4.79 Å². The molecular formula is C16H27NO. The zero-order valence-electron chi connectivity index (χ0n) is 12.0. The molecule has 0 N–H and O–H groups in total. The summed E-state index contributed by atoms with van der Waals surface area (Å²) in [5.41, 5.74) is 0.108. The summed E-state index contributed by atoms with van der Waals surface area (Å²) in [4.78, 5) is 15.1. The Balaban J connectivity index is 1.73. The molecule has 4 fully saturated rings. The van der Waals surface area contributed by atoms with Crippen molar-refractivity contribution in [2.75, 3.05) is 19.6 Å². The Kier molecular flexibility index (Phi) is 3.25. The average Bonchev–Trinajstić information content (AvgIpc) is 2.34. The maximum absolute atomic E-state index is 12.8. The molecule has 0 heterocycles.